The van der Waals surface area contributed by atoms with Crippen molar-refractivity contribution in [3.8, 4) is 39.4 Å². The summed E-state index contributed by atoms with van der Waals surface area (Å²) in [6.45, 7) is 1.30. The molecule has 4 heteroatoms. The molecule has 4 nitrogen and oxygen atoms in total. The number of nitrogens with zero attached hydrogens (tertiary/aromatic N) is 2. The van der Waals surface area contributed by atoms with Crippen LogP contribution >= 0.6 is 0 Å². The molecule has 2 aromatic heterocycles. The first-order valence-electron chi connectivity index (χ1n) is 12.8. The first-order valence-corrected chi connectivity index (χ1v) is 12.8. The quantitative estimate of drug-likeness (QED) is 0.261. The molecule has 184 valence electrons. The molecule has 38 heavy (non-hydrogen) atoms. The molecule has 0 aliphatic carbocycles. The van der Waals surface area contributed by atoms with Crippen molar-refractivity contribution in [1.82, 2.24) is 9.97 Å². The molecule has 6 aromatic rings. The number of ether oxygens (including phenoxy) is 1. The highest BCUT2D eigenvalue weighted by Crippen LogP contribution is 2.36. The van der Waals surface area contributed by atoms with Gasteiger partial charge in [0.1, 0.15) is 12.4 Å². The fourth-order valence-corrected chi connectivity index (χ4v) is 4.66. The van der Waals surface area contributed by atoms with Gasteiger partial charge >= 0.3 is 0 Å². The van der Waals surface area contributed by atoms with Crippen LogP contribution < -0.4 is 10.5 Å². The molecule has 0 amide bonds. The lowest BCUT2D eigenvalue weighted by Gasteiger charge is -2.14. The molecule has 2 heterocycles. The molecule has 0 aliphatic heterocycles. The lowest BCUT2D eigenvalue weighted by atomic mass is 9.95. The second-order valence-corrected chi connectivity index (χ2v) is 9.22. The van der Waals surface area contributed by atoms with Crippen molar-refractivity contribution in [2.45, 2.75) is 13.2 Å². The molecule has 0 aliphatic rings. The molecular formula is C34H28N3O+. The molecule has 0 spiro atoms. The minimum absolute atomic E-state index is 0.537. The monoisotopic (exact) mass is 494 g/mol. The zero-order valence-corrected chi connectivity index (χ0v) is 21.0. The highest BCUT2D eigenvalue weighted by molar-refractivity contribution is 5.98. The van der Waals surface area contributed by atoms with Gasteiger partial charge in [-0.1, -0.05) is 84.9 Å². The van der Waals surface area contributed by atoms with Crippen LogP contribution in [0.1, 0.15) is 11.1 Å². The highest BCUT2D eigenvalue weighted by Gasteiger charge is 2.15. The topological polar surface area (TPSA) is 62.7 Å². The van der Waals surface area contributed by atoms with Gasteiger partial charge in [-0.3, -0.25) is 4.98 Å². The Kier molecular flexibility index (Phi) is 6.62. The Morgan fingerprint density at radius 1 is 0.605 bits per heavy atom. The summed E-state index contributed by atoms with van der Waals surface area (Å²) < 4.78 is 5.99. The number of pyridine rings is 2. The molecule has 6 rings (SSSR count). The van der Waals surface area contributed by atoms with Gasteiger partial charge in [-0.15, -0.1) is 0 Å². The molecule has 0 atom stereocenters. The van der Waals surface area contributed by atoms with Crippen molar-refractivity contribution in [2.75, 3.05) is 0 Å². The lowest BCUT2D eigenvalue weighted by Crippen LogP contribution is -2.47. The average Bonchev–Trinajstić information content (AvgIpc) is 3.00. The van der Waals surface area contributed by atoms with Crippen LogP contribution in [0.3, 0.4) is 0 Å². The van der Waals surface area contributed by atoms with E-state index in [9.17, 15) is 0 Å². The number of rotatable bonds is 7. The number of hydrogen-bond donors (Lipinski definition) is 1. The van der Waals surface area contributed by atoms with Gasteiger partial charge < -0.3 is 10.5 Å². The van der Waals surface area contributed by atoms with Crippen molar-refractivity contribution in [1.29, 1.82) is 0 Å². The predicted octanol–water partition coefficient (Wildman–Crippen LogP) is 6.95. The smallest absolute Gasteiger partial charge is 0.119 e. The summed E-state index contributed by atoms with van der Waals surface area (Å²) in [6.07, 6.45) is 1.84. The van der Waals surface area contributed by atoms with Crippen LogP contribution in [0, 0.1) is 0 Å². The van der Waals surface area contributed by atoms with Crippen LogP contribution in [-0.4, -0.2) is 9.97 Å². The van der Waals surface area contributed by atoms with Gasteiger partial charge in [-0.25, -0.2) is 4.98 Å². The summed E-state index contributed by atoms with van der Waals surface area (Å²) >= 11 is 0. The second-order valence-electron chi connectivity index (χ2n) is 9.22. The Morgan fingerprint density at radius 3 is 1.97 bits per heavy atom. The second kappa shape index (κ2) is 10.7. The van der Waals surface area contributed by atoms with Gasteiger partial charge in [0.05, 0.1) is 23.4 Å². The van der Waals surface area contributed by atoms with E-state index in [1.807, 2.05) is 48.7 Å². The highest BCUT2D eigenvalue weighted by atomic mass is 16.5. The van der Waals surface area contributed by atoms with E-state index in [1.54, 1.807) is 0 Å². The van der Waals surface area contributed by atoms with E-state index in [-0.39, 0.29) is 0 Å². The third-order valence-electron chi connectivity index (χ3n) is 6.72. The summed E-state index contributed by atoms with van der Waals surface area (Å²) in [5.41, 5.74) is 13.4. The fraction of sp³-hybridized carbons (Fsp3) is 0.0588. The van der Waals surface area contributed by atoms with E-state index < -0.39 is 0 Å². The van der Waals surface area contributed by atoms with Crippen LogP contribution in [0.15, 0.2) is 128 Å². The Bertz CT molecular complexity index is 1660. The number of hydrogen-bond acceptors (Lipinski definition) is 3. The van der Waals surface area contributed by atoms with Crippen molar-refractivity contribution >= 4 is 10.9 Å². The largest absolute Gasteiger partial charge is 0.489 e. The van der Waals surface area contributed by atoms with Crippen LogP contribution in [0.4, 0.5) is 0 Å². The Labute approximate surface area is 222 Å². The maximum absolute atomic E-state index is 5.99. The van der Waals surface area contributed by atoms with E-state index in [2.05, 4.69) is 84.6 Å². The fourth-order valence-electron chi connectivity index (χ4n) is 4.66. The molecule has 0 radical (unpaired) electrons. The van der Waals surface area contributed by atoms with Crippen molar-refractivity contribution in [3.63, 3.8) is 0 Å². The first kappa shape index (κ1) is 23.6. The maximum Gasteiger partial charge on any atom is 0.119 e. The maximum atomic E-state index is 5.99. The van der Waals surface area contributed by atoms with Crippen LogP contribution in [0.5, 0.6) is 5.75 Å². The van der Waals surface area contributed by atoms with Crippen molar-refractivity contribution in [3.05, 3.63) is 139 Å². The van der Waals surface area contributed by atoms with Crippen LogP contribution in [-0.2, 0) is 13.2 Å². The van der Waals surface area contributed by atoms with Gasteiger partial charge in [0.15, 0.2) is 0 Å². The minimum Gasteiger partial charge on any atom is -0.489 e. The summed E-state index contributed by atoms with van der Waals surface area (Å²) in [7, 11) is 0. The van der Waals surface area contributed by atoms with E-state index in [4.69, 9.17) is 14.7 Å². The zero-order chi connectivity index (χ0) is 25.7. The van der Waals surface area contributed by atoms with E-state index in [0.29, 0.717) is 6.61 Å². The van der Waals surface area contributed by atoms with Gasteiger partial charge in [0.2, 0.25) is 0 Å². The number of benzene rings is 4. The third-order valence-corrected chi connectivity index (χ3v) is 6.72. The minimum atomic E-state index is 0.537. The SMILES string of the molecule is [NH3+]Cc1ccc(-c2nc3ccnc(-c4ccc(OCc5ccccc5)cc4)c3cc2-c2ccccc2)cc1. The lowest BCUT2D eigenvalue weighted by molar-refractivity contribution is -0.386. The summed E-state index contributed by atoms with van der Waals surface area (Å²) in [5.74, 6) is 0.828. The Hall–Kier alpha value is -4.80. The molecule has 0 fully saturated rings. The normalized spacial score (nSPS) is 11.0. The average molecular weight is 495 g/mol. The Morgan fingerprint density at radius 2 is 1.26 bits per heavy atom. The summed E-state index contributed by atoms with van der Waals surface area (Å²) in [6, 6.07) is 41.5. The van der Waals surface area contributed by atoms with Crippen LogP contribution in [0.25, 0.3) is 44.5 Å². The van der Waals surface area contributed by atoms with Gasteiger partial charge in [0, 0.05) is 33.8 Å². The molecule has 0 unspecified atom stereocenters. The predicted molar refractivity (Wildman–Crippen MR) is 153 cm³/mol. The van der Waals surface area contributed by atoms with Crippen molar-refractivity contribution < 1.29 is 10.5 Å². The Balaban J connectivity index is 1.40. The zero-order valence-electron chi connectivity index (χ0n) is 21.0. The molecule has 0 bridgehead atoms. The molecule has 3 N–H and O–H groups in total. The van der Waals surface area contributed by atoms with Gasteiger partial charge in [-0.2, -0.15) is 0 Å². The summed E-state index contributed by atoms with van der Waals surface area (Å²) in [4.78, 5) is 9.94. The van der Waals surface area contributed by atoms with Crippen LogP contribution in [0.2, 0.25) is 0 Å². The third kappa shape index (κ3) is 4.90. The molecular weight excluding hydrogens is 466 g/mol. The number of fused-ring (bicyclic) bond motifs is 1. The molecule has 0 saturated carbocycles. The van der Waals surface area contributed by atoms with E-state index in [0.717, 1.165) is 62.4 Å². The van der Waals surface area contributed by atoms with Gasteiger partial charge in [0.25, 0.3) is 0 Å². The van der Waals surface area contributed by atoms with Crippen molar-refractivity contribution in [2.24, 2.45) is 0 Å². The summed E-state index contributed by atoms with van der Waals surface area (Å²) in [5, 5.41) is 1.02. The number of quaternary nitrogens is 1. The molecule has 0 saturated heterocycles. The van der Waals surface area contributed by atoms with E-state index in [1.165, 1.54) is 5.56 Å². The standard InChI is InChI=1S/C34H27N3O/c35-22-24-11-13-28(14-12-24)34-30(26-9-5-2-6-10-26)21-31-32(37-34)19-20-36-33(31)27-15-17-29(18-16-27)38-23-25-7-3-1-4-8-25/h1-21H,22-23,35H2/p+1. The van der Waals surface area contributed by atoms with Gasteiger partial charge in [-0.05, 0) is 47.5 Å². The van der Waals surface area contributed by atoms with E-state index >= 15 is 0 Å². The first-order chi connectivity index (χ1) is 18.8. The number of aromatic nitrogens is 2. The molecule has 4 aromatic carbocycles.